The highest BCUT2D eigenvalue weighted by Gasteiger charge is 2.05. The average molecular weight is 639 g/mol. The van der Waals surface area contributed by atoms with E-state index in [1.165, 1.54) is 75.8 Å². The smallest absolute Gasteiger partial charge is 0.0184 e. The Balaban J connectivity index is 0.000000318. The van der Waals surface area contributed by atoms with Crippen molar-refractivity contribution in [1.29, 1.82) is 0 Å². The van der Waals surface area contributed by atoms with Crippen molar-refractivity contribution in [2.24, 2.45) is 0 Å². The zero-order valence-electron chi connectivity index (χ0n) is 31.7. The summed E-state index contributed by atoms with van der Waals surface area (Å²) < 4.78 is 0. The van der Waals surface area contributed by atoms with Crippen LogP contribution in [0.2, 0.25) is 0 Å². The van der Waals surface area contributed by atoms with Gasteiger partial charge in [-0.05, 0) is 101 Å². The van der Waals surface area contributed by atoms with E-state index in [1.807, 2.05) is 71.0 Å². The first-order chi connectivity index (χ1) is 23.4. The van der Waals surface area contributed by atoms with Crippen LogP contribution in [-0.4, -0.2) is 0 Å². The van der Waals surface area contributed by atoms with Gasteiger partial charge in [0.15, 0.2) is 0 Å². The molecule has 0 N–H and O–H groups in total. The SMILES string of the molecule is C/C=C\c1cc(C)ccc1C.CC.CC.Cc1ccc(-c2ccc(C)cc2)cc1.Cc1cccc(C2=CCCCC2)c1.c1ccccc1. The Hall–Kier alpha value is -4.42. The third kappa shape index (κ3) is 16.9. The molecule has 0 saturated heterocycles. The molecule has 0 radical (unpaired) electrons. The van der Waals surface area contributed by atoms with E-state index in [0.29, 0.717) is 0 Å². The molecule has 5 aromatic carbocycles. The largest absolute Gasteiger partial charge is 0.0871 e. The average Bonchev–Trinajstić information content (AvgIpc) is 3.14. The van der Waals surface area contributed by atoms with E-state index in [4.69, 9.17) is 0 Å². The van der Waals surface area contributed by atoms with Crippen LogP contribution in [0.4, 0.5) is 0 Å². The van der Waals surface area contributed by atoms with Crippen LogP contribution in [0.3, 0.4) is 0 Å². The Bertz CT molecular complexity index is 1500. The highest BCUT2D eigenvalue weighted by atomic mass is 14.1. The van der Waals surface area contributed by atoms with Crippen LogP contribution in [0, 0.1) is 34.6 Å². The van der Waals surface area contributed by atoms with Crippen molar-refractivity contribution in [3.8, 4) is 11.1 Å². The molecule has 0 unspecified atom stereocenters. The first kappa shape index (κ1) is 41.6. The molecule has 1 aliphatic carbocycles. The zero-order chi connectivity index (χ0) is 35.6. The van der Waals surface area contributed by atoms with Crippen LogP contribution in [0.25, 0.3) is 22.8 Å². The van der Waals surface area contributed by atoms with Gasteiger partial charge in [-0.3, -0.25) is 0 Å². The van der Waals surface area contributed by atoms with Gasteiger partial charge in [-0.25, -0.2) is 0 Å². The molecule has 0 amide bonds. The molecule has 0 saturated carbocycles. The highest BCUT2D eigenvalue weighted by molar-refractivity contribution is 5.66. The molecule has 0 bridgehead atoms. The summed E-state index contributed by atoms with van der Waals surface area (Å²) >= 11 is 0. The van der Waals surface area contributed by atoms with Gasteiger partial charge in [0.2, 0.25) is 0 Å². The lowest BCUT2D eigenvalue weighted by Gasteiger charge is -2.12. The molecule has 48 heavy (non-hydrogen) atoms. The van der Waals surface area contributed by atoms with Crippen LogP contribution < -0.4 is 0 Å². The zero-order valence-corrected chi connectivity index (χ0v) is 31.7. The second-order valence-corrected chi connectivity index (χ2v) is 11.6. The van der Waals surface area contributed by atoms with Crippen molar-refractivity contribution < 1.29 is 0 Å². The molecular weight excluding hydrogens is 577 g/mol. The maximum absolute atomic E-state index is 2.40. The van der Waals surface area contributed by atoms with Crippen molar-refractivity contribution in [2.45, 2.75) is 94.9 Å². The quantitative estimate of drug-likeness (QED) is 0.184. The minimum absolute atomic E-state index is 1.27. The summed E-state index contributed by atoms with van der Waals surface area (Å²) in [4.78, 5) is 0. The Morgan fingerprint density at radius 3 is 1.38 bits per heavy atom. The molecule has 0 nitrogen and oxygen atoms in total. The number of benzene rings is 5. The third-order valence-electron chi connectivity index (χ3n) is 7.56. The molecule has 0 atom stereocenters. The van der Waals surface area contributed by atoms with Crippen molar-refractivity contribution in [3.63, 3.8) is 0 Å². The van der Waals surface area contributed by atoms with Gasteiger partial charge in [0.1, 0.15) is 0 Å². The summed E-state index contributed by atoms with van der Waals surface area (Å²) in [5.41, 5.74) is 13.5. The lowest BCUT2D eigenvalue weighted by atomic mass is 9.93. The number of allylic oxidation sites excluding steroid dienone is 3. The van der Waals surface area contributed by atoms with Gasteiger partial charge in [0.05, 0.1) is 0 Å². The predicted octanol–water partition coefficient (Wildman–Crippen LogP) is 15.0. The molecule has 0 aromatic heterocycles. The van der Waals surface area contributed by atoms with Gasteiger partial charge >= 0.3 is 0 Å². The first-order valence-electron chi connectivity index (χ1n) is 18.0. The molecule has 254 valence electrons. The summed E-state index contributed by atoms with van der Waals surface area (Å²) in [6.07, 6.45) is 11.9. The fraction of sp³-hybridized carbons (Fsp3) is 0.292. The molecule has 0 spiro atoms. The van der Waals surface area contributed by atoms with Crippen LogP contribution in [0.15, 0.2) is 140 Å². The highest BCUT2D eigenvalue weighted by Crippen LogP contribution is 2.27. The van der Waals surface area contributed by atoms with E-state index < -0.39 is 0 Å². The van der Waals surface area contributed by atoms with Crippen molar-refractivity contribution in [3.05, 3.63) is 178 Å². The Labute approximate surface area is 295 Å². The fourth-order valence-corrected chi connectivity index (χ4v) is 4.94. The number of rotatable bonds is 3. The molecule has 0 aliphatic heterocycles. The number of hydrogen-bond donors (Lipinski definition) is 0. The second-order valence-electron chi connectivity index (χ2n) is 11.6. The van der Waals surface area contributed by atoms with Gasteiger partial charge < -0.3 is 0 Å². The lowest BCUT2D eigenvalue weighted by Crippen LogP contribution is -1.91. The summed E-state index contributed by atoms with van der Waals surface area (Å²) in [5.74, 6) is 0. The number of aryl methyl sites for hydroxylation is 5. The van der Waals surface area contributed by atoms with E-state index in [0.717, 1.165) is 0 Å². The molecule has 0 fully saturated rings. The minimum Gasteiger partial charge on any atom is -0.0871 e. The number of hydrogen-bond acceptors (Lipinski definition) is 0. The maximum Gasteiger partial charge on any atom is -0.0184 e. The van der Waals surface area contributed by atoms with Crippen molar-refractivity contribution >= 4 is 11.6 Å². The van der Waals surface area contributed by atoms with E-state index in [9.17, 15) is 0 Å². The van der Waals surface area contributed by atoms with E-state index in [-0.39, 0.29) is 0 Å². The normalized spacial score (nSPS) is 11.2. The Morgan fingerprint density at radius 2 is 0.938 bits per heavy atom. The molecule has 1 aliphatic rings. The third-order valence-corrected chi connectivity index (χ3v) is 7.56. The van der Waals surface area contributed by atoms with Crippen LogP contribution in [0.5, 0.6) is 0 Å². The second kappa shape index (κ2) is 25.6. The van der Waals surface area contributed by atoms with Crippen LogP contribution in [0.1, 0.15) is 99.2 Å². The van der Waals surface area contributed by atoms with Crippen molar-refractivity contribution in [1.82, 2.24) is 0 Å². The monoisotopic (exact) mass is 638 g/mol. The molecule has 6 rings (SSSR count). The maximum atomic E-state index is 2.40. The van der Waals surface area contributed by atoms with Gasteiger partial charge in [-0.1, -0.05) is 196 Å². The Kier molecular flexibility index (Phi) is 22.2. The van der Waals surface area contributed by atoms with Gasteiger partial charge in [-0.15, -0.1) is 0 Å². The summed E-state index contributed by atoms with van der Waals surface area (Å²) in [5, 5.41) is 0. The molecule has 0 heteroatoms. The summed E-state index contributed by atoms with van der Waals surface area (Å²) in [6.45, 7) is 20.7. The summed E-state index contributed by atoms with van der Waals surface area (Å²) in [7, 11) is 0. The van der Waals surface area contributed by atoms with Gasteiger partial charge in [0.25, 0.3) is 0 Å². The predicted molar refractivity (Wildman–Crippen MR) is 219 cm³/mol. The molecular formula is C48H62. The van der Waals surface area contributed by atoms with E-state index in [1.54, 1.807) is 5.57 Å². The van der Waals surface area contributed by atoms with E-state index in [2.05, 4.69) is 144 Å². The summed E-state index contributed by atoms with van der Waals surface area (Å²) in [6, 6.07) is 44.6. The van der Waals surface area contributed by atoms with Gasteiger partial charge in [-0.2, -0.15) is 0 Å². The Morgan fingerprint density at radius 1 is 0.458 bits per heavy atom. The lowest BCUT2D eigenvalue weighted by molar-refractivity contribution is 0.742. The topological polar surface area (TPSA) is 0 Å². The molecule has 0 heterocycles. The molecule has 5 aromatic rings. The first-order valence-corrected chi connectivity index (χ1v) is 18.0. The van der Waals surface area contributed by atoms with Gasteiger partial charge in [0, 0.05) is 0 Å². The van der Waals surface area contributed by atoms with E-state index >= 15 is 0 Å². The van der Waals surface area contributed by atoms with Crippen molar-refractivity contribution in [2.75, 3.05) is 0 Å². The fourth-order valence-electron chi connectivity index (χ4n) is 4.94. The minimum atomic E-state index is 1.27. The van der Waals surface area contributed by atoms with Crippen LogP contribution in [-0.2, 0) is 0 Å². The standard InChI is InChI=1S/C14H14.C13H16.C11H14.C6H6.2C2H6/c1-11-3-7-13(8-4-11)14-9-5-12(2)6-10-14;1-11-6-5-9-13(10-11)12-7-3-2-4-8-12;1-4-5-11-8-9(2)6-7-10(11)3;1-2-4-6-5-3-1;2*1-2/h3-10H,1-2H3;5-7,9-10H,2-4,8H2,1H3;4-8H,1-3H3;1-6H;2*1-2H3/b;;5-4-;;;. The van der Waals surface area contributed by atoms with Crippen LogP contribution >= 0.6 is 0 Å².